The third kappa shape index (κ3) is 4.51. The molecule has 17 heavy (non-hydrogen) atoms. The van der Waals surface area contributed by atoms with E-state index >= 15 is 0 Å². The summed E-state index contributed by atoms with van der Waals surface area (Å²) in [5, 5.41) is 2.72. The molecule has 0 aliphatic rings. The summed E-state index contributed by atoms with van der Waals surface area (Å²) in [7, 11) is 0. The summed E-state index contributed by atoms with van der Waals surface area (Å²) >= 11 is 0. The predicted molar refractivity (Wildman–Crippen MR) is 67.5 cm³/mol. The van der Waals surface area contributed by atoms with Gasteiger partial charge in [0.2, 0.25) is 11.8 Å². The van der Waals surface area contributed by atoms with Crippen LogP contribution < -0.4 is 5.32 Å². The van der Waals surface area contributed by atoms with Crippen LogP contribution in [-0.2, 0) is 9.59 Å². The quantitative estimate of drug-likeness (QED) is 0.785. The SMILES string of the molecule is C=CCN(CC(=O)Nc1ccccc1)C(C)=O. The van der Waals surface area contributed by atoms with Crippen LogP contribution in [0.25, 0.3) is 0 Å². The van der Waals surface area contributed by atoms with Crippen LogP contribution >= 0.6 is 0 Å². The summed E-state index contributed by atoms with van der Waals surface area (Å²) in [6, 6.07) is 9.13. The number of rotatable bonds is 5. The van der Waals surface area contributed by atoms with Gasteiger partial charge in [-0.25, -0.2) is 0 Å². The van der Waals surface area contributed by atoms with Crippen molar-refractivity contribution in [2.45, 2.75) is 6.92 Å². The summed E-state index contributed by atoms with van der Waals surface area (Å²) < 4.78 is 0. The van der Waals surface area contributed by atoms with Crippen LogP contribution in [0.2, 0.25) is 0 Å². The highest BCUT2D eigenvalue weighted by Crippen LogP contribution is 2.04. The smallest absolute Gasteiger partial charge is 0.244 e. The lowest BCUT2D eigenvalue weighted by Crippen LogP contribution is -2.36. The Morgan fingerprint density at radius 1 is 1.35 bits per heavy atom. The largest absolute Gasteiger partial charge is 0.330 e. The zero-order chi connectivity index (χ0) is 12.7. The second kappa shape index (κ2) is 6.48. The molecular formula is C13H16N2O2. The van der Waals surface area contributed by atoms with Crippen LogP contribution in [0.3, 0.4) is 0 Å². The highest BCUT2D eigenvalue weighted by molar-refractivity contribution is 5.94. The van der Waals surface area contributed by atoms with E-state index in [0.29, 0.717) is 6.54 Å². The lowest BCUT2D eigenvalue weighted by Gasteiger charge is -2.18. The van der Waals surface area contributed by atoms with Crippen molar-refractivity contribution >= 4 is 17.5 Å². The number of amides is 2. The maximum atomic E-state index is 11.7. The van der Waals surface area contributed by atoms with Gasteiger partial charge in [-0.1, -0.05) is 24.3 Å². The van der Waals surface area contributed by atoms with E-state index in [1.807, 2.05) is 18.2 Å². The minimum absolute atomic E-state index is 0.0379. The van der Waals surface area contributed by atoms with Gasteiger partial charge in [-0.3, -0.25) is 9.59 Å². The third-order valence-electron chi connectivity index (χ3n) is 2.19. The third-order valence-corrected chi connectivity index (χ3v) is 2.19. The predicted octanol–water partition coefficient (Wildman–Crippen LogP) is 1.66. The van der Waals surface area contributed by atoms with Gasteiger partial charge in [0.05, 0.1) is 0 Å². The molecule has 0 atom stereocenters. The number of hydrogen-bond acceptors (Lipinski definition) is 2. The fourth-order valence-electron chi connectivity index (χ4n) is 1.36. The molecule has 0 bridgehead atoms. The molecule has 0 radical (unpaired) electrons. The lowest BCUT2D eigenvalue weighted by atomic mass is 10.3. The highest BCUT2D eigenvalue weighted by Gasteiger charge is 2.11. The summed E-state index contributed by atoms with van der Waals surface area (Å²) in [6.45, 7) is 5.39. The molecule has 0 saturated carbocycles. The molecule has 0 saturated heterocycles. The van der Waals surface area contributed by atoms with Crippen LogP contribution in [-0.4, -0.2) is 29.8 Å². The summed E-state index contributed by atoms with van der Waals surface area (Å²) in [4.78, 5) is 24.3. The molecule has 1 aromatic rings. The number of benzene rings is 1. The van der Waals surface area contributed by atoms with E-state index in [1.165, 1.54) is 11.8 Å². The van der Waals surface area contributed by atoms with Crippen molar-refractivity contribution in [3.8, 4) is 0 Å². The second-order valence-corrected chi connectivity index (χ2v) is 3.60. The molecule has 0 fully saturated rings. The molecule has 1 aromatic carbocycles. The molecule has 0 heterocycles. The van der Waals surface area contributed by atoms with Crippen molar-refractivity contribution in [1.82, 2.24) is 4.90 Å². The molecule has 1 rings (SSSR count). The fourth-order valence-corrected chi connectivity index (χ4v) is 1.36. The van der Waals surface area contributed by atoms with Gasteiger partial charge in [0.25, 0.3) is 0 Å². The van der Waals surface area contributed by atoms with Crippen molar-refractivity contribution in [3.05, 3.63) is 43.0 Å². The zero-order valence-electron chi connectivity index (χ0n) is 9.85. The van der Waals surface area contributed by atoms with Crippen molar-refractivity contribution in [1.29, 1.82) is 0 Å². The van der Waals surface area contributed by atoms with Crippen LogP contribution in [0.15, 0.2) is 43.0 Å². The molecule has 4 heteroatoms. The average molecular weight is 232 g/mol. The van der Waals surface area contributed by atoms with E-state index in [2.05, 4.69) is 11.9 Å². The van der Waals surface area contributed by atoms with Gasteiger partial charge in [-0.2, -0.15) is 0 Å². The fraction of sp³-hybridized carbons (Fsp3) is 0.231. The Kier molecular flexibility index (Phi) is 4.94. The Balaban J connectivity index is 2.53. The van der Waals surface area contributed by atoms with Crippen LogP contribution in [0.4, 0.5) is 5.69 Å². The molecular weight excluding hydrogens is 216 g/mol. The zero-order valence-corrected chi connectivity index (χ0v) is 9.85. The topological polar surface area (TPSA) is 49.4 Å². The summed E-state index contributed by atoms with van der Waals surface area (Å²) in [5.41, 5.74) is 0.722. The first-order chi connectivity index (χ1) is 8.13. The van der Waals surface area contributed by atoms with Crippen molar-refractivity contribution in [2.24, 2.45) is 0 Å². The van der Waals surface area contributed by atoms with Crippen molar-refractivity contribution < 1.29 is 9.59 Å². The van der Waals surface area contributed by atoms with E-state index in [4.69, 9.17) is 0 Å². The summed E-state index contributed by atoms with van der Waals surface area (Å²) in [6.07, 6.45) is 1.59. The van der Waals surface area contributed by atoms with Gasteiger partial charge < -0.3 is 10.2 Å². The van der Waals surface area contributed by atoms with Crippen LogP contribution in [0, 0.1) is 0 Å². The molecule has 0 aromatic heterocycles. The highest BCUT2D eigenvalue weighted by atomic mass is 16.2. The molecule has 0 unspecified atom stereocenters. The van der Waals surface area contributed by atoms with E-state index in [-0.39, 0.29) is 18.4 Å². The number of hydrogen-bond donors (Lipinski definition) is 1. The Morgan fingerprint density at radius 3 is 2.53 bits per heavy atom. The normalized spacial score (nSPS) is 9.47. The molecule has 1 N–H and O–H groups in total. The van der Waals surface area contributed by atoms with Crippen molar-refractivity contribution in [2.75, 3.05) is 18.4 Å². The van der Waals surface area contributed by atoms with E-state index < -0.39 is 0 Å². The van der Waals surface area contributed by atoms with Gasteiger partial charge in [0, 0.05) is 19.2 Å². The molecule has 2 amide bonds. The first kappa shape index (κ1) is 13.0. The maximum absolute atomic E-state index is 11.7. The first-order valence-electron chi connectivity index (χ1n) is 5.35. The number of nitrogens with one attached hydrogen (secondary N) is 1. The minimum Gasteiger partial charge on any atom is -0.330 e. The molecule has 4 nitrogen and oxygen atoms in total. The first-order valence-corrected chi connectivity index (χ1v) is 5.35. The molecule has 0 aliphatic carbocycles. The Labute approximate surface area is 101 Å². The number of carbonyl (C=O) groups is 2. The lowest BCUT2D eigenvalue weighted by molar-refractivity contribution is -0.132. The van der Waals surface area contributed by atoms with Crippen LogP contribution in [0.1, 0.15) is 6.92 Å². The van der Waals surface area contributed by atoms with Gasteiger partial charge >= 0.3 is 0 Å². The Morgan fingerprint density at radius 2 is 2.00 bits per heavy atom. The number of carbonyl (C=O) groups excluding carboxylic acids is 2. The minimum atomic E-state index is -0.215. The monoisotopic (exact) mass is 232 g/mol. The van der Waals surface area contributed by atoms with Crippen LogP contribution in [0.5, 0.6) is 0 Å². The Bertz CT molecular complexity index is 401. The Hall–Kier alpha value is -2.10. The van der Waals surface area contributed by atoms with Gasteiger partial charge in [-0.15, -0.1) is 6.58 Å². The maximum Gasteiger partial charge on any atom is 0.244 e. The molecule has 0 aliphatic heterocycles. The molecule has 90 valence electrons. The second-order valence-electron chi connectivity index (χ2n) is 3.60. The van der Waals surface area contributed by atoms with Gasteiger partial charge in [-0.05, 0) is 12.1 Å². The standard InChI is InChI=1S/C13H16N2O2/c1-3-9-15(11(2)16)10-13(17)14-12-7-5-4-6-8-12/h3-8H,1,9-10H2,2H3,(H,14,17). The summed E-state index contributed by atoms with van der Waals surface area (Å²) in [5.74, 6) is -0.360. The van der Waals surface area contributed by atoms with E-state index in [9.17, 15) is 9.59 Å². The van der Waals surface area contributed by atoms with Gasteiger partial charge in [0.1, 0.15) is 6.54 Å². The number of anilines is 1. The van der Waals surface area contributed by atoms with Crippen molar-refractivity contribution in [3.63, 3.8) is 0 Å². The van der Waals surface area contributed by atoms with Gasteiger partial charge in [0.15, 0.2) is 0 Å². The average Bonchev–Trinajstić information content (AvgIpc) is 2.29. The van der Waals surface area contributed by atoms with E-state index in [0.717, 1.165) is 5.69 Å². The molecule has 0 spiro atoms. The number of para-hydroxylation sites is 1. The van der Waals surface area contributed by atoms with E-state index in [1.54, 1.807) is 18.2 Å². The number of nitrogens with zero attached hydrogens (tertiary/aromatic N) is 1.